The van der Waals surface area contributed by atoms with Crippen molar-refractivity contribution in [2.24, 2.45) is 11.7 Å². The minimum atomic E-state index is -0.00975. The molecule has 0 aliphatic rings. The predicted molar refractivity (Wildman–Crippen MR) is 67.6 cm³/mol. The summed E-state index contributed by atoms with van der Waals surface area (Å²) in [7, 11) is 0. The average Bonchev–Trinajstić information content (AvgIpc) is 2.60. The number of thiophene rings is 1. The first-order valence-corrected chi connectivity index (χ1v) is 6.31. The monoisotopic (exact) mass is 324 g/mol. The van der Waals surface area contributed by atoms with E-state index in [1.165, 1.54) is 0 Å². The van der Waals surface area contributed by atoms with Gasteiger partial charge < -0.3 is 11.1 Å². The second-order valence-corrected chi connectivity index (χ2v) is 6.00. The molecular formula is C9H13IN2OS. The molecule has 0 aromatic carbocycles. The second-order valence-electron chi connectivity index (χ2n) is 3.19. The third kappa shape index (κ3) is 3.55. The fourth-order valence-electron chi connectivity index (χ4n) is 0.881. The van der Waals surface area contributed by atoms with Crippen LogP contribution in [0.3, 0.4) is 0 Å². The molecule has 5 heteroatoms. The summed E-state index contributed by atoms with van der Waals surface area (Å²) in [5.41, 5.74) is 6.19. The maximum Gasteiger partial charge on any atom is 0.252 e. The molecule has 1 aromatic rings. The summed E-state index contributed by atoms with van der Waals surface area (Å²) in [5, 5.41) is 4.71. The highest BCUT2D eigenvalue weighted by molar-refractivity contribution is 14.1. The van der Waals surface area contributed by atoms with Crippen LogP contribution in [-0.2, 0) is 0 Å². The van der Waals surface area contributed by atoms with Gasteiger partial charge in [0.2, 0.25) is 0 Å². The van der Waals surface area contributed by atoms with Crippen molar-refractivity contribution in [1.82, 2.24) is 5.32 Å². The van der Waals surface area contributed by atoms with Gasteiger partial charge in [0.15, 0.2) is 0 Å². The molecule has 0 spiro atoms. The standard InChI is InChI=1S/C9H13IN2OS/c1-6(3-11)4-12-9(13)7-2-8(10)14-5-7/h2,5-6H,3-4,11H2,1H3,(H,12,13). The molecule has 0 saturated heterocycles. The van der Waals surface area contributed by atoms with Gasteiger partial charge >= 0.3 is 0 Å². The molecule has 1 amide bonds. The van der Waals surface area contributed by atoms with Crippen molar-refractivity contribution < 1.29 is 4.79 Å². The zero-order valence-electron chi connectivity index (χ0n) is 7.92. The molecule has 1 aromatic heterocycles. The van der Waals surface area contributed by atoms with Gasteiger partial charge in [-0.05, 0) is 41.1 Å². The van der Waals surface area contributed by atoms with E-state index in [9.17, 15) is 4.79 Å². The lowest BCUT2D eigenvalue weighted by molar-refractivity contribution is 0.0949. The van der Waals surface area contributed by atoms with Crippen LogP contribution in [0.5, 0.6) is 0 Å². The van der Waals surface area contributed by atoms with E-state index in [1.54, 1.807) is 11.3 Å². The predicted octanol–water partition coefficient (Wildman–Crippen LogP) is 1.68. The van der Waals surface area contributed by atoms with Crippen LogP contribution in [-0.4, -0.2) is 19.0 Å². The number of rotatable bonds is 4. The molecule has 3 nitrogen and oxygen atoms in total. The van der Waals surface area contributed by atoms with Crippen LogP contribution in [0, 0.1) is 8.80 Å². The number of nitrogens with one attached hydrogen (secondary N) is 1. The summed E-state index contributed by atoms with van der Waals surface area (Å²) in [6.45, 7) is 3.25. The second kappa shape index (κ2) is 5.67. The molecule has 0 radical (unpaired) electrons. The van der Waals surface area contributed by atoms with Crippen LogP contribution in [0.25, 0.3) is 0 Å². The van der Waals surface area contributed by atoms with Crippen LogP contribution in [0.2, 0.25) is 0 Å². The normalized spacial score (nSPS) is 12.5. The zero-order valence-corrected chi connectivity index (χ0v) is 10.9. The van der Waals surface area contributed by atoms with E-state index in [2.05, 4.69) is 27.9 Å². The highest BCUT2D eigenvalue weighted by Gasteiger charge is 2.08. The number of carbonyl (C=O) groups excluding carboxylic acids is 1. The van der Waals surface area contributed by atoms with E-state index in [1.807, 2.05) is 18.4 Å². The van der Waals surface area contributed by atoms with Crippen LogP contribution in [0.15, 0.2) is 11.4 Å². The summed E-state index contributed by atoms with van der Waals surface area (Å²) < 4.78 is 1.12. The number of halogens is 1. The number of amides is 1. The minimum Gasteiger partial charge on any atom is -0.352 e. The third-order valence-electron chi connectivity index (χ3n) is 1.84. The largest absolute Gasteiger partial charge is 0.352 e. The third-order valence-corrected chi connectivity index (χ3v) is 3.63. The fourth-order valence-corrected chi connectivity index (χ4v) is 2.21. The summed E-state index contributed by atoms with van der Waals surface area (Å²) in [6.07, 6.45) is 0. The Morgan fingerprint density at radius 2 is 2.50 bits per heavy atom. The van der Waals surface area contributed by atoms with Crippen LogP contribution in [0.4, 0.5) is 0 Å². The Hall–Kier alpha value is -0.140. The molecule has 0 aliphatic carbocycles. The molecular weight excluding hydrogens is 311 g/mol. The SMILES string of the molecule is CC(CN)CNC(=O)c1csc(I)c1. The van der Waals surface area contributed by atoms with Gasteiger partial charge in [-0.25, -0.2) is 0 Å². The molecule has 0 bridgehead atoms. The topological polar surface area (TPSA) is 55.1 Å². The smallest absolute Gasteiger partial charge is 0.252 e. The summed E-state index contributed by atoms with van der Waals surface area (Å²) in [4.78, 5) is 11.5. The summed E-state index contributed by atoms with van der Waals surface area (Å²) in [5.74, 6) is 0.320. The van der Waals surface area contributed by atoms with Gasteiger partial charge in [-0.3, -0.25) is 4.79 Å². The first-order valence-electron chi connectivity index (χ1n) is 4.35. The Balaban J connectivity index is 2.43. The first kappa shape index (κ1) is 11.9. The van der Waals surface area contributed by atoms with Gasteiger partial charge in [0.1, 0.15) is 0 Å². The highest BCUT2D eigenvalue weighted by atomic mass is 127. The number of carbonyl (C=O) groups is 1. The lowest BCUT2D eigenvalue weighted by Gasteiger charge is -2.08. The van der Waals surface area contributed by atoms with Crippen molar-refractivity contribution in [2.75, 3.05) is 13.1 Å². The van der Waals surface area contributed by atoms with E-state index < -0.39 is 0 Å². The van der Waals surface area contributed by atoms with Gasteiger partial charge in [0.05, 0.1) is 8.45 Å². The number of hydrogen-bond acceptors (Lipinski definition) is 3. The molecule has 1 rings (SSSR count). The molecule has 1 atom stereocenters. The van der Waals surface area contributed by atoms with Gasteiger partial charge in [0, 0.05) is 11.9 Å². The molecule has 0 saturated carbocycles. The van der Waals surface area contributed by atoms with Gasteiger partial charge in [-0.1, -0.05) is 6.92 Å². The number of hydrogen-bond donors (Lipinski definition) is 2. The van der Waals surface area contributed by atoms with Crippen LogP contribution in [0.1, 0.15) is 17.3 Å². The lowest BCUT2D eigenvalue weighted by Crippen LogP contribution is -2.30. The average molecular weight is 324 g/mol. The summed E-state index contributed by atoms with van der Waals surface area (Å²) >= 11 is 3.78. The maximum atomic E-state index is 11.5. The molecule has 14 heavy (non-hydrogen) atoms. The Bertz CT molecular complexity index is 314. The number of nitrogens with two attached hydrogens (primary N) is 1. The van der Waals surface area contributed by atoms with Crippen molar-refractivity contribution in [3.8, 4) is 0 Å². The van der Waals surface area contributed by atoms with Crippen molar-refractivity contribution in [1.29, 1.82) is 0 Å². The molecule has 3 N–H and O–H groups in total. The Kier molecular flexibility index (Phi) is 4.83. The van der Waals surface area contributed by atoms with E-state index in [0.717, 1.165) is 8.45 Å². The quantitative estimate of drug-likeness (QED) is 0.828. The molecule has 1 unspecified atom stereocenters. The Morgan fingerprint density at radius 1 is 1.79 bits per heavy atom. The van der Waals surface area contributed by atoms with Gasteiger partial charge in [0.25, 0.3) is 5.91 Å². The highest BCUT2D eigenvalue weighted by Crippen LogP contribution is 2.16. The Labute approximate surface area is 101 Å². The molecule has 1 heterocycles. The van der Waals surface area contributed by atoms with Crippen LogP contribution >= 0.6 is 33.9 Å². The minimum absolute atomic E-state index is 0.00975. The molecule has 0 aliphatic heterocycles. The fraction of sp³-hybridized carbons (Fsp3) is 0.444. The van der Waals surface area contributed by atoms with Crippen molar-refractivity contribution in [3.05, 3.63) is 19.9 Å². The van der Waals surface area contributed by atoms with E-state index in [4.69, 9.17) is 5.73 Å². The zero-order chi connectivity index (χ0) is 10.6. The first-order chi connectivity index (χ1) is 6.63. The van der Waals surface area contributed by atoms with Crippen molar-refractivity contribution in [3.63, 3.8) is 0 Å². The van der Waals surface area contributed by atoms with Crippen molar-refractivity contribution in [2.45, 2.75) is 6.92 Å². The van der Waals surface area contributed by atoms with Crippen molar-refractivity contribution >= 4 is 39.8 Å². The maximum absolute atomic E-state index is 11.5. The van der Waals surface area contributed by atoms with Crippen LogP contribution < -0.4 is 11.1 Å². The molecule has 0 fully saturated rings. The van der Waals surface area contributed by atoms with Gasteiger partial charge in [-0.15, -0.1) is 11.3 Å². The van der Waals surface area contributed by atoms with E-state index in [0.29, 0.717) is 19.0 Å². The van der Waals surface area contributed by atoms with E-state index in [-0.39, 0.29) is 5.91 Å². The lowest BCUT2D eigenvalue weighted by atomic mass is 10.2. The Morgan fingerprint density at radius 3 is 3.00 bits per heavy atom. The van der Waals surface area contributed by atoms with Gasteiger partial charge in [-0.2, -0.15) is 0 Å². The molecule has 78 valence electrons. The summed E-state index contributed by atoms with van der Waals surface area (Å²) in [6, 6.07) is 1.88. The van der Waals surface area contributed by atoms with E-state index >= 15 is 0 Å².